The highest BCUT2D eigenvalue weighted by Gasteiger charge is 2.38. The summed E-state index contributed by atoms with van der Waals surface area (Å²) in [6.45, 7) is 9.87. The molecular weight excluding hydrogens is 248 g/mol. The number of carbonyl (C=O) groups excluding carboxylic acids is 1. The second kappa shape index (κ2) is 6.93. The fourth-order valence-corrected chi connectivity index (χ4v) is 4.09. The molecule has 1 aliphatic carbocycles. The maximum Gasteiger partial charge on any atom is 0.239 e. The summed E-state index contributed by atoms with van der Waals surface area (Å²) < 4.78 is 0. The van der Waals surface area contributed by atoms with Crippen LogP contribution in [0.3, 0.4) is 0 Å². The maximum absolute atomic E-state index is 12.8. The highest BCUT2D eigenvalue weighted by Crippen LogP contribution is 2.35. The molecule has 0 aromatic carbocycles. The lowest BCUT2D eigenvalue weighted by Gasteiger charge is -2.45. The zero-order chi connectivity index (χ0) is 14.7. The Labute approximate surface area is 124 Å². The van der Waals surface area contributed by atoms with Gasteiger partial charge in [0.25, 0.3) is 0 Å². The van der Waals surface area contributed by atoms with Gasteiger partial charge in [0.05, 0.1) is 6.04 Å². The van der Waals surface area contributed by atoms with Crippen molar-refractivity contribution in [3.8, 4) is 0 Å². The number of amides is 1. The van der Waals surface area contributed by atoms with Gasteiger partial charge in [0.15, 0.2) is 0 Å². The first-order valence-corrected chi connectivity index (χ1v) is 8.57. The minimum absolute atomic E-state index is 0.0542. The molecule has 1 heterocycles. The molecule has 3 atom stereocenters. The molecule has 1 saturated carbocycles. The van der Waals surface area contributed by atoms with Gasteiger partial charge in [-0.25, -0.2) is 0 Å². The normalized spacial score (nSPS) is 32.2. The van der Waals surface area contributed by atoms with Crippen LogP contribution >= 0.6 is 0 Å². The van der Waals surface area contributed by atoms with Crippen LogP contribution in [0.5, 0.6) is 0 Å². The van der Waals surface area contributed by atoms with Crippen LogP contribution in [0.2, 0.25) is 0 Å². The lowest BCUT2D eigenvalue weighted by Crippen LogP contribution is -2.57. The Bertz CT molecular complexity index is 327. The summed E-state index contributed by atoms with van der Waals surface area (Å²) >= 11 is 0. The highest BCUT2D eigenvalue weighted by molar-refractivity contribution is 5.83. The van der Waals surface area contributed by atoms with Crippen molar-refractivity contribution in [1.82, 2.24) is 10.2 Å². The van der Waals surface area contributed by atoms with Gasteiger partial charge in [-0.3, -0.25) is 4.79 Å². The molecule has 20 heavy (non-hydrogen) atoms. The zero-order valence-corrected chi connectivity index (χ0v) is 13.7. The molecule has 2 aliphatic rings. The van der Waals surface area contributed by atoms with E-state index in [1.807, 2.05) is 0 Å². The summed E-state index contributed by atoms with van der Waals surface area (Å²) in [7, 11) is 0. The molecule has 3 nitrogen and oxygen atoms in total. The molecular formula is C17H32N2O. The van der Waals surface area contributed by atoms with E-state index in [1.54, 1.807) is 0 Å². The van der Waals surface area contributed by atoms with Gasteiger partial charge in [-0.05, 0) is 37.5 Å². The van der Waals surface area contributed by atoms with Gasteiger partial charge in [0.2, 0.25) is 5.91 Å². The minimum Gasteiger partial charge on any atom is -0.338 e. The predicted octanol–water partition coefficient (Wildman–Crippen LogP) is 3.19. The van der Waals surface area contributed by atoms with Crippen LogP contribution in [0.4, 0.5) is 0 Å². The average molecular weight is 280 g/mol. The van der Waals surface area contributed by atoms with Gasteiger partial charge in [-0.2, -0.15) is 0 Å². The number of nitrogens with one attached hydrogen (secondary N) is 1. The molecule has 3 heteroatoms. The Balaban J connectivity index is 2.07. The van der Waals surface area contributed by atoms with Crippen molar-refractivity contribution in [2.75, 3.05) is 6.54 Å². The van der Waals surface area contributed by atoms with Crippen molar-refractivity contribution in [1.29, 1.82) is 0 Å². The van der Waals surface area contributed by atoms with Crippen molar-refractivity contribution in [3.05, 3.63) is 0 Å². The Morgan fingerprint density at radius 1 is 1.05 bits per heavy atom. The fraction of sp³-hybridized carbons (Fsp3) is 0.941. The first kappa shape index (κ1) is 15.8. The van der Waals surface area contributed by atoms with Gasteiger partial charge in [0, 0.05) is 18.6 Å². The van der Waals surface area contributed by atoms with Gasteiger partial charge >= 0.3 is 0 Å². The molecule has 3 unspecified atom stereocenters. The third kappa shape index (κ3) is 3.55. The van der Waals surface area contributed by atoms with Crippen LogP contribution in [-0.4, -0.2) is 35.5 Å². The molecule has 2 fully saturated rings. The monoisotopic (exact) mass is 280 g/mol. The fourth-order valence-electron chi connectivity index (χ4n) is 4.09. The first-order chi connectivity index (χ1) is 9.50. The molecule has 1 amide bonds. The van der Waals surface area contributed by atoms with Crippen molar-refractivity contribution < 1.29 is 4.79 Å². The molecule has 116 valence electrons. The van der Waals surface area contributed by atoms with Gasteiger partial charge < -0.3 is 10.2 Å². The van der Waals surface area contributed by atoms with Gasteiger partial charge in [-0.15, -0.1) is 0 Å². The summed E-state index contributed by atoms with van der Waals surface area (Å²) in [5.41, 5.74) is 0. The van der Waals surface area contributed by atoms with E-state index < -0.39 is 0 Å². The van der Waals surface area contributed by atoms with Crippen LogP contribution in [0.25, 0.3) is 0 Å². The van der Waals surface area contributed by atoms with Crippen molar-refractivity contribution in [2.45, 2.75) is 84.3 Å². The summed E-state index contributed by atoms with van der Waals surface area (Å²) in [4.78, 5) is 15.0. The molecule has 1 N–H and O–H groups in total. The lowest BCUT2D eigenvalue weighted by atomic mass is 9.76. The SMILES string of the molecule is CC(C)NC1CCCN(C2CCCCC2C(C)C)C1=O. The number of hydrogen-bond donors (Lipinski definition) is 1. The second-order valence-corrected chi connectivity index (χ2v) is 7.31. The number of likely N-dealkylation sites (tertiary alicyclic amines) is 1. The van der Waals surface area contributed by atoms with Crippen LogP contribution in [0, 0.1) is 11.8 Å². The average Bonchev–Trinajstić information content (AvgIpc) is 2.40. The van der Waals surface area contributed by atoms with E-state index in [1.165, 1.54) is 25.7 Å². The number of carbonyl (C=O) groups is 1. The quantitative estimate of drug-likeness (QED) is 0.858. The standard InChI is InChI=1S/C17H32N2O/c1-12(2)14-8-5-6-10-16(14)19-11-7-9-15(17(19)20)18-13(3)4/h12-16,18H,5-11H2,1-4H3. The summed E-state index contributed by atoms with van der Waals surface area (Å²) in [5, 5.41) is 3.45. The molecule has 0 aromatic rings. The van der Waals surface area contributed by atoms with E-state index >= 15 is 0 Å². The Hall–Kier alpha value is -0.570. The highest BCUT2D eigenvalue weighted by atomic mass is 16.2. The topological polar surface area (TPSA) is 32.3 Å². The third-order valence-electron chi connectivity index (χ3n) is 5.05. The number of hydrogen-bond acceptors (Lipinski definition) is 2. The van der Waals surface area contributed by atoms with Crippen molar-refractivity contribution >= 4 is 5.91 Å². The summed E-state index contributed by atoms with van der Waals surface area (Å²) in [5.74, 6) is 1.75. The smallest absolute Gasteiger partial charge is 0.239 e. The molecule has 0 spiro atoms. The third-order valence-corrected chi connectivity index (χ3v) is 5.05. The molecule has 0 bridgehead atoms. The van der Waals surface area contributed by atoms with E-state index in [0.29, 0.717) is 29.8 Å². The Morgan fingerprint density at radius 2 is 1.75 bits per heavy atom. The zero-order valence-electron chi connectivity index (χ0n) is 13.7. The largest absolute Gasteiger partial charge is 0.338 e. The Kier molecular flexibility index (Phi) is 5.48. The molecule has 1 saturated heterocycles. The summed E-state index contributed by atoms with van der Waals surface area (Å²) in [6, 6.07) is 0.933. The van der Waals surface area contributed by atoms with E-state index in [0.717, 1.165) is 19.4 Å². The maximum atomic E-state index is 12.8. The Morgan fingerprint density at radius 3 is 2.40 bits per heavy atom. The van der Waals surface area contributed by atoms with E-state index in [2.05, 4.69) is 37.9 Å². The molecule has 1 aliphatic heterocycles. The first-order valence-electron chi connectivity index (χ1n) is 8.57. The van der Waals surface area contributed by atoms with E-state index in [-0.39, 0.29) is 6.04 Å². The summed E-state index contributed by atoms with van der Waals surface area (Å²) in [6.07, 6.45) is 7.30. The minimum atomic E-state index is 0.0542. The molecule has 0 aromatic heterocycles. The van der Waals surface area contributed by atoms with Gasteiger partial charge in [0.1, 0.15) is 0 Å². The van der Waals surface area contributed by atoms with Crippen LogP contribution in [-0.2, 0) is 4.79 Å². The number of nitrogens with zero attached hydrogens (tertiary/aromatic N) is 1. The molecule has 2 rings (SSSR count). The molecule has 0 radical (unpaired) electrons. The van der Waals surface area contributed by atoms with Crippen LogP contribution in [0.15, 0.2) is 0 Å². The second-order valence-electron chi connectivity index (χ2n) is 7.31. The number of piperidine rings is 1. The van der Waals surface area contributed by atoms with Crippen molar-refractivity contribution in [3.63, 3.8) is 0 Å². The van der Waals surface area contributed by atoms with E-state index in [9.17, 15) is 4.79 Å². The predicted molar refractivity (Wildman–Crippen MR) is 83.6 cm³/mol. The number of rotatable bonds is 4. The van der Waals surface area contributed by atoms with Crippen LogP contribution < -0.4 is 5.32 Å². The van der Waals surface area contributed by atoms with Crippen molar-refractivity contribution in [2.24, 2.45) is 11.8 Å². The van der Waals surface area contributed by atoms with E-state index in [4.69, 9.17) is 0 Å². The lowest BCUT2D eigenvalue weighted by molar-refractivity contribution is -0.141. The van der Waals surface area contributed by atoms with Gasteiger partial charge in [-0.1, -0.05) is 40.5 Å². The van der Waals surface area contributed by atoms with Crippen LogP contribution in [0.1, 0.15) is 66.2 Å².